The van der Waals surface area contributed by atoms with Gasteiger partial charge in [0.15, 0.2) is 0 Å². The highest BCUT2D eigenvalue weighted by Crippen LogP contribution is 2.11. The van der Waals surface area contributed by atoms with E-state index in [1.165, 1.54) is 0 Å². The minimum absolute atomic E-state index is 0.0400. The maximum absolute atomic E-state index is 11.4. The molecule has 0 fully saturated rings. The maximum Gasteiger partial charge on any atom is 0.234 e. The first kappa shape index (κ1) is 11.9. The molecule has 0 spiro atoms. The molecule has 0 heterocycles. The fourth-order valence-corrected chi connectivity index (χ4v) is 1.76. The molecule has 0 aromatic heterocycles. The molecular weight excluding hydrogens is 208 g/mol. The third-order valence-electron chi connectivity index (χ3n) is 1.78. The Kier molecular flexibility index (Phi) is 5.04. The third-order valence-corrected chi connectivity index (χ3v) is 2.94. The molecule has 3 N–H and O–H groups in total. The number of thioether (sulfide) groups is 1. The van der Waals surface area contributed by atoms with E-state index >= 15 is 0 Å². The SMILES string of the molecule is CCCSCC(=O)Nc1ccc(N)cc1. The summed E-state index contributed by atoms with van der Waals surface area (Å²) in [5.74, 6) is 1.58. The topological polar surface area (TPSA) is 55.1 Å². The average molecular weight is 224 g/mol. The van der Waals surface area contributed by atoms with E-state index < -0.39 is 0 Å². The predicted octanol–water partition coefficient (Wildman–Crippen LogP) is 2.35. The van der Waals surface area contributed by atoms with Crippen molar-refractivity contribution in [3.8, 4) is 0 Å². The van der Waals surface area contributed by atoms with Gasteiger partial charge in [0.25, 0.3) is 0 Å². The predicted molar refractivity (Wildman–Crippen MR) is 67.1 cm³/mol. The zero-order chi connectivity index (χ0) is 11.1. The molecule has 0 unspecified atom stereocenters. The fourth-order valence-electron chi connectivity index (χ4n) is 1.07. The van der Waals surface area contributed by atoms with Crippen LogP contribution < -0.4 is 11.1 Å². The molecule has 0 bridgehead atoms. The van der Waals surface area contributed by atoms with Crippen molar-refractivity contribution >= 4 is 29.0 Å². The molecule has 4 heteroatoms. The lowest BCUT2D eigenvalue weighted by Gasteiger charge is -2.04. The number of carbonyl (C=O) groups excluding carboxylic acids is 1. The van der Waals surface area contributed by atoms with Gasteiger partial charge < -0.3 is 11.1 Å². The highest BCUT2D eigenvalue weighted by atomic mass is 32.2. The average Bonchev–Trinajstić information content (AvgIpc) is 2.22. The number of benzene rings is 1. The quantitative estimate of drug-likeness (QED) is 0.596. The van der Waals surface area contributed by atoms with Gasteiger partial charge in [-0.1, -0.05) is 6.92 Å². The molecule has 1 aromatic rings. The first-order chi connectivity index (χ1) is 7.22. The number of hydrogen-bond donors (Lipinski definition) is 2. The lowest BCUT2D eigenvalue weighted by atomic mass is 10.3. The maximum atomic E-state index is 11.4. The third kappa shape index (κ3) is 4.74. The van der Waals surface area contributed by atoms with Gasteiger partial charge in [-0.2, -0.15) is 11.8 Å². The number of anilines is 2. The number of amides is 1. The van der Waals surface area contributed by atoms with Gasteiger partial charge in [-0.3, -0.25) is 4.79 Å². The molecule has 3 nitrogen and oxygen atoms in total. The lowest BCUT2D eigenvalue weighted by molar-refractivity contribution is -0.113. The Hall–Kier alpha value is -1.16. The van der Waals surface area contributed by atoms with E-state index in [2.05, 4.69) is 12.2 Å². The molecule has 15 heavy (non-hydrogen) atoms. The van der Waals surface area contributed by atoms with Crippen LogP contribution in [0.15, 0.2) is 24.3 Å². The van der Waals surface area contributed by atoms with Crippen LogP contribution in [0.4, 0.5) is 11.4 Å². The van der Waals surface area contributed by atoms with Crippen molar-refractivity contribution in [2.45, 2.75) is 13.3 Å². The number of nitrogens with one attached hydrogen (secondary N) is 1. The summed E-state index contributed by atoms with van der Waals surface area (Å²) in [6.07, 6.45) is 1.10. The Bertz CT molecular complexity index is 311. The summed E-state index contributed by atoms with van der Waals surface area (Å²) in [5, 5.41) is 2.81. The van der Waals surface area contributed by atoms with E-state index in [1.54, 1.807) is 36.0 Å². The number of nitrogen functional groups attached to an aromatic ring is 1. The van der Waals surface area contributed by atoms with Gasteiger partial charge >= 0.3 is 0 Å². The van der Waals surface area contributed by atoms with E-state index in [0.717, 1.165) is 17.9 Å². The van der Waals surface area contributed by atoms with Crippen molar-refractivity contribution in [3.63, 3.8) is 0 Å². The van der Waals surface area contributed by atoms with Crippen molar-refractivity contribution < 1.29 is 4.79 Å². The van der Waals surface area contributed by atoms with Crippen LogP contribution in [0.25, 0.3) is 0 Å². The molecule has 0 aliphatic rings. The molecule has 0 aliphatic carbocycles. The summed E-state index contributed by atoms with van der Waals surface area (Å²) in [7, 11) is 0. The van der Waals surface area contributed by atoms with Crippen LogP contribution in [0.5, 0.6) is 0 Å². The van der Waals surface area contributed by atoms with E-state index in [0.29, 0.717) is 11.4 Å². The first-order valence-corrected chi connectivity index (χ1v) is 6.11. The summed E-state index contributed by atoms with van der Waals surface area (Å²) in [4.78, 5) is 11.4. The number of rotatable bonds is 5. The lowest BCUT2D eigenvalue weighted by Crippen LogP contribution is -2.14. The minimum Gasteiger partial charge on any atom is -0.399 e. The Morgan fingerprint density at radius 2 is 2.07 bits per heavy atom. The standard InChI is InChI=1S/C11H16N2OS/c1-2-7-15-8-11(14)13-10-5-3-9(12)4-6-10/h3-6H,2,7-8,12H2,1H3,(H,13,14). The molecule has 0 aliphatic heterocycles. The molecular formula is C11H16N2OS. The molecule has 0 saturated carbocycles. The Labute approximate surface area is 94.4 Å². The smallest absolute Gasteiger partial charge is 0.234 e. The first-order valence-electron chi connectivity index (χ1n) is 4.95. The van der Waals surface area contributed by atoms with Gasteiger partial charge in [-0.05, 0) is 36.4 Å². The van der Waals surface area contributed by atoms with Crippen molar-refractivity contribution in [1.82, 2.24) is 0 Å². The summed E-state index contributed by atoms with van der Waals surface area (Å²) in [5.41, 5.74) is 7.04. The van der Waals surface area contributed by atoms with Gasteiger partial charge in [-0.15, -0.1) is 0 Å². The van der Waals surface area contributed by atoms with Gasteiger partial charge in [0, 0.05) is 11.4 Å². The van der Waals surface area contributed by atoms with Crippen LogP contribution in [0.1, 0.15) is 13.3 Å². The second-order valence-electron chi connectivity index (χ2n) is 3.22. The molecule has 0 saturated heterocycles. The molecule has 1 amide bonds. The van der Waals surface area contributed by atoms with Crippen molar-refractivity contribution in [2.75, 3.05) is 22.6 Å². The highest BCUT2D eigenvalue weighted by molar-refractivity contribution is 7.99. The second kappa shape index (κ2) is 6.35. The second-order valence-corrected chi connectivity index (χ2v) is 4.33. The Balaban J connectivity index is 2.34. The zero-order valence-corrected chi connectivity index (χ0v) is 9.64. The van der Waals surface area contributed by atoms with Crippen LogP contribution in [0, 0.1) is 0 Å². The Morgan fingerprint density at radius 3 is 2.67 bits per heavy atom. The summed E-state index contributed by atoms with van der Waals surface area (Å²) in [6.45, 7) is 2.10. The van der Waals surface area contributed by atoms with Gasteiger partial charge in [-0.25, -0.2) is 0 Å². The van der Waals surface area contributed by atoms with Gasteiger partial charge in [0.2, 0.25) is 5.91 Å². The van der Waals surface area contributed by atoms with Crippen LogP contribution >= 0.6 is 11.8 Å². The number of carbonyl (C=O) groups is 1. The zero-order valence-electron chi connectivity index (χ0n) is 8.82. The van der Waals surface area contributed by atoms with Crippen molar-refractivity contribution in [1.29, 1.82) is 0 Å². The summed E-state index contributed by atoms with van der Waals surface area (Å²) < 4.78 is 0. The minimum atomic E-state index is 0.0400. The van der Waals surface area contributed by atoms with Crippen LogP contribution in [-0.2, 0) is 4.79 Å². The number of nitrogens with two attached hydrogens (primary N) is 1. The molecule has 1 rings (SSSR count). The van der Waals surface area contributed by atoms with Gasteiger partial charge in [0.05, 0.1) is 5.75 Å². The van der Waals surface area contributed by atoms with E-state index in [9.17, 15) is 4.79 Å². The van der Waals surface area contributed by atoms with Crippen LogP contribution in [0.2, 0.25) is 0 Å². The monoisotopic (exact) mass is 224 g/mol. The van der Waals surface area contributed by atoms with E-state index in [1.807, 2.05) is 0 Å². The largest absolute Gasteiger partial charge is 0.399 e. The molecule has 82 valence electrons. The Morgan fingerprint density at radius 1 is 1.40 bits per heavy atom. The van der Waals surface area contributed by atoms with Crippen LogP contribution in [0.3, 0.4) is 0 Å². The number of hydrogen-bond acceptors (Lipinski definition) is 3. The van der Waals surface area contributed by atoms with Crippen molar-refractivity contribution in [2.24, 2.45) is 0 Å². The molecule has 0 radical (unpaired) electrons. The summed E-state index contributed by atoms with van der Waals surface area (Å²) >= 11 is 1.65. The fraction of sp³-hybridized carbons (Fsp3) is 0.364. The van der Waals surface area contributed by atoms with E-state index in [4.69, 9.17) is 5.73 Å². The van der Waals surface area contributed by atoms with E-state index in [-0.39, 0.29) is 5.91 Å². The summed E-state index contributed by atoms with van der Waals surface area (Å²) in [6, 6.07) is 7.15. The molecule has 1 aromatic carbocycles. The highest BCUT2D eigenvalue weighted by Gasteiger charge is 2.01. The normalized spacial score (nSPS) is 9.93. The molecule has 0 atom stereocenters. The van der Waals surface area contributed by atoms with Crippen LogP contribution in [-0.4, -0.2) is 17.4 Å². The van der Waals surface area contributed by atoms with Crippen molar-refractivity contribution in [3.05, 3.63) is 24.3 Å². The van der Waals surface area contributed by atoms with Gasteiger partial charge in [0.1, 0.15) is 0 Å².